The monoisotopic (exact) mass is 280 g/mol. The number of aryl methyl sites for hydroxylation is 2. The minimum absolute atomic E-state index is 0.238. The first-order valence-corrected chi connectivity index (χ1v) is 7.15. The summed E-state index contributed by atoms with van der Waals surface area (Å²) >= 11 is 0. The van der Waals surface area contributed by atoms with Gasteiger partial charge in [0.1, 0.15) is 0 Å². The molecule has 2 N–H and O–H groups in total. The largest absolute Gasteiger partial charge is 0.436 e. The third kappa shape index (κ3) is 3.39. The Balaban J connectivity index is 1.92. The zero-order chi connectivity index (χ0) is 15.0. The molecule has 1 aliphatic carbocycles. The van der Waals surface area contributed by atoms with Crippen molar-refractivity contribution >= 4 is 5.91 Å². The van der Waals surface area contributed by atoms with Crippen molar-refractivity contribution in [2.75, 3.05) is 6.54 Å². The number of aliphatic hydroxyl groups is 1. The van der Waals surface area contributed by atoms with E-state index in [-0.39, 0.29) is 23.6 Å². The van der Waals surface area contributed by atoms with Crippen LogP contribution in [0.1, 0.15) is 61.7 Å². The van der Waals surface area contributed by atoms with E-state index in [1.54, 1.807) is 13.8 Å². The third-order valence-electron chi connectivity index (χ3n) is 4.22. The molecule has 1 aromatic heterocycles. The van der Waals surface area contributed by atoms with Gasteiger partial charge >= 0.3 is 0 Å². The van der Waals surface area contributed by atoms with Crippen LogP contribution >= 0.6 is 0 Å². The average Bonchev–Trinajstić information content (AvgIpc) is 2.70. The maximum absolute atomic E-state index is 12.0. The van der Waals surface area contributed by atoms with E-state index in [4.69, 9.17) is 4.42 Å². The van der Waals surface area contributed by atoms with Gasteiger partial charge in [-0.1, -0.05) is 13.8 Å². The highest BCUT2D eigenvalue weighted by Gasteiger charge is 2.37. The SMILES string of the molecule is Cc1nc(C)c(C(=O)NCC2(O)CCC(C)(C)CC2)o1. The van der Waals surface area contributed by atoms with Gasteiger partial charge in [0.15, 0.2) is 5.89 Å². The van der Waals surface area contributed by atoms with E-state index < -0.39 is 5.60 Å². The van der Waals surface area contributed by atoms with E-state index in [1.807, 2.05) is 0 Å². The van der Waals surface area contributed by atoms with Crippen molar-refractivity contribution in [2.45, 2.75) is 59.0 Å². The van der Waals surface area contributed by atoms with Crippen molar-refractivity contribution in [1.29, 1.82) is 0 Å². The van der Waals surface area contributed by atoms with Crippen LogP contribution in [0.4, 0.5) is 0 Å². The Morgan fingerprint density at radius 3 is 2.40 bits per heavy atom. The Bertz CT molecular complexity index is 495. The summed E-state index contributed by atoms with van der Waals surface area (Å²) in [5, 5.41) is 13.3. The second kappa shape index (κ2) is 5.20. The van der Waals surface area contributed by atoms with Gasteiger partial charge in [-0.15, -0.1) is 0 Å². The smallest absolute Gasteiger partial charge is 0.289 e. The highest BCUT2D eigenvalue weighted by molar-refractivity contribution is 5.92. The molecule has 2 rings (SSSR count). The number of nitrogens with zero attached hydrogens (tertiary/aromatic N) is 1. The molecule has 1 heterocycles. The van der Waals surface area contributed by atoms with Crippen molar-refractivity contribution in [2.24, 2.45) is 5.41 Å². The molecule has 5 nitrogen and oxygen atoms in total. The average molecular weight is 280 g/mol. The molecule has 0 spiro atoms. The zero-order valence-electron chi connectivity index (χ0n) is 12.7. The molecular weight excluding hydrogens is 256 g/mol. The minimum atomic E-state index is -0.797. The number of hydrogen-bond acceptors (Lipinski definition) is 4. The molecule has 0 saturated heterocycles. The Hall–Kier alpha value is -1.36. The Kier molecular flexibility index (Phi) is 3.91. The Morgan fingerprint density at radius 1 is 1.30 bits per heavy atom. The van der Waals surface area contributed by atoms with Crippen LogP contribution in [0.5, 0.6) is 0 Å². The highest BCUT2D eigenvalue weighted by Crippen LogP contribution is 2.39. The van der Waals surface area contributed by atoms with Crippen LogP contribution in [0.15, 0.2) is 4.42 Å². The number of aromatic nitrogens is 1. The lowest BCUT2D eigenvalue weighted by atomic mass is 9.71. The molecule has 0 radical (unpaired) electrons. The molecule has 0 unspecified atom stereocenters. The second-order valence-electron chi connectivity index (χ2n) is 6.72. The fraction of sp³-hybridized carbons (Fsp3) is 0.733. The van der Waals surface area contributed by atoms with Crippen LogP contribution in [-0.4, -0.2) is 28.1 Å². The summed E-state index contributed by atoms with van der Waals surface area (Å²) in [4.78, 5) is 16.1. The molecule has 112 valence electrons. The van der Waals surface area contributed by atoms with Gasteiger partial charge in [0, 0.05) is 13.5 Å². The maximum atomic E-state index is 12.0. The van der Waals surface area contributed by atoms with Crippen molar-refractivity contribution in [3.8, 4) is 0 Å². The number of carbonyl (C=O) groups excluding carboxylic acids is 1. The molecule has 1 aromatic rings. The van der Waals surface area contributed by atoms with E-state index in [1.165, 1.54) is 0 Å². The van der Waals surface area contributed by atoms with Crippen LogP contribution in [0, 0.1) is 19.3 Å². The van der Waals surface area contributed by atoms with Crippen LogP contribution in [0.2, 0.25) is 0 Å². The molecule has 0 bridgehead atoms. The molecule has 20 heavy (non-hydrogen) atoms. The van der Waals surface area contributed by atoms with Crippen molar-refractivity contribution < 1.29 is 14.3 Å². The molecule has 1 aliphatic rings. The van der Waals surface area contributed by atoms with Crippen LogP contribution in [-0.2, 0) is 0 Å². The summed E-state index contributed by atoms with van der Waals surface area (Å²) in [6.45, 7) is 8.14. The number of oxazole rings is 1. The topological polar surface area (TPSA) is 75.4 Å². The summed E-state index contributed by atoms with van der Waals surface area (Å²) < 4.78 is 5.28. The van der Waals surface area contributed by atoms with Gasteiger partial charge in [-0.2, -0.15) is 0 Å². The number of amides is 1. The van der Waals surface area contributed by atoms with Crippen molar-refractivity contribution in [3.63, 3.8) is 0 Å². The van der Waals surface area contributed by atoms with Gasteiger partial charge < -0.3 is 14.8 Å². The number of carbonyl (C=O) groups is 1. The predicted molar refractivity (Wildman–Crippen MR) is 75.5 cm³/mol. The minimum Gasteiger partial charge on any atom is -0.436 e. The van der Waals surface area contributed by atoms with Gasteiger partial charge in [0.2, 0.25) is 5.76 Å². The number of nitrogens with one attached hydrogen (secondary N) is 1. The molecule has 1 amide bonds. The van der Waals surface area contributed by atoms with E-state index >= 15 is 0 Å². The summed E-state index contributed by atoms with van der Waals surface area (Å²) in [6, 6.07) is 0. The molecular formula is C15H24N2O3. The van der Waals surface area contributed by atoms with E-state index in [0.717, 1.165) is 12.8 Å². The molecule has 5 heteroatoms. The highest BCUT2D eigenvalue weighted by atomic mass is 16.4. The first kappa shape index (κ1) is 15.0. The van der Waals surface area contributed by atoms with Crippen molar-refractivity contribution in [1.82, 2.24) is 10.3 Å². The summed E-state index contributed by atoms with van der Waals surface area (Å²) in [7, 11) is 0. The normalized spacial score (nSPS) is 20.6. The summed E-state index contributed by atoms with van der Waals surface area (Å²) in [5.74, 6) is 0.411. The molecule has 0 aromatic carbocycles. The predicted octanol–water partition coefficient (Wildman–Crippen LogP) is 2.35. The molecule has 0 atom stereocenters. The third-order valence-corrected chi connectivity index (χ3v) is 4.22. The van der Waals surface area contributed by atoms with E-state index in [2.05, 4.69) is 24.1 Å². The van der Waals surface area contributed by atoms with Crippen LogP contribution < -0.4 is 5.32 Å². The Morgan fingerprint density at radius 2 is 1.90 bits per heavy atom. The number of hydrogen-bond donors (Lipinski definition) is 2. The maximum Gasteiger partial charge on any atom is 0.289 e. The molecule has 1 fully saturated rings. The summed E-state index contributed by atoms with van der Waals surface area (Å²) in [6.07, 6.45) is 3.38. The first-order chi connectivity index (χ1) is 9.21. The number of rotatable bonds is 3. The fourth-order valence-corrected chi connectivity index (χ4v) is 2.64. The van der Waals surface area contributed by atoms with Gasteiger partial charge in [0.25, 0.3) is 5.91 Å². The fourth-order valence-electron chi connectivity index (χ4n) is 2.64. The molecule has 0 aliphatic heterocycles. The second-order valence-corrected chi connectivity index (χ2v) is 6.72. The van der Waals surface area contributed by atoms with Crippen molar-refractivity contribution in [3.05, 3.63) is 17.3 Å². The first-order valence-electron chi connectivity index (χ1n) is 7.15. The lowest BCUT2D eigenvalue weighted by Gasteiger charge is -2.40. The zero-order valence-corrected chi connectivity index (χ0v) is 12.7. The lowest BCUT2D eigenvalue weighted by Crippen LogP contribution is -2.46. The van der Waals surface area contributed by atoms with Gasteiger partial charge in [-0.05, 0) is 38.0 Å². The standard InChI is InChI=1S/C15H24N2O3/c1-10-12(20-11(2)17-10)13(18)16-9-15(19)7-5-14(3,4)6-8-15/h19H,5-9H2,1-4H3,(H,16,18). The Labute approximate surface area is 119 Å². The van der Waals surface area contributed by atoms with Gasteiger partial charge in [0.05, 0.1) is 11.3 Å². The lowest BCUT2D eigenvalue weighted by molar-refractivity contribution is -0.0234. The van der Waals surface area contributed by atoms with E-state index in [9.17, 15) is 9.90 Å². The quantitative estimate of drug-likeness (QED) is 0.891. The van der Waals surface area contributed by atoms with Crippen LogP contribution in [0.25, 0.3) is 0 Å². The summed E-state index contributed by atoms with van der Waals surface area (Å²) in [5.41, 5.74) is 0.0694. The van der Waals surface area contributed by atoms with E-state index in [0.29, 0.717) is 24.4 Å². The van der Waals surface area contributed by atoms with Crippen LogP contribution in [0.3, 0.4) is 0 Å². The van der Waals surface area contributed by atoms with Gasteiger partial charge in [-0.3, -0.25) is 4.79 Å². The van der Waals surface area contributed by atoms with Gasteiger partial charge in [-0.25, -0.2) is 4.98 Å². The molecule has 1 saturated carbocycles.